The van der Waals surface area contributed by atoms with Crippen LogP contribution >= 0.6 is 12.4 Å². The molecule has 0 bridgehead atoms. The normalized spacial score (nSPS) is 24.2. The summed E-state index contributed by atoms with van der Waals surface area (Å²) in [7, 11) is 0. The van der Waals surface area contributed by atoms with Crippen LogP contribution in [0.3, 0.4) is 0 Å². The van der Waals surface area contributed by atoms with Gasteiger partial charge in [-0.1, -0.05) is 26.2 Å². The first-order valence-corrected chi connectivity index (χ1v) is 6.94. The first kappa shape index (κ1) is 17.7. The summed E-state index contributed by atoms with van der Waals surface area (Å²) in [6.07, 6.45) is 6.52. The van der Waals surface area contributed by atoms with Crippen LogP contribution in [0, 0.1) is 17.3 Å². The van der Waals surface area contributed by atoms with Crippen molar-refractivity contribution in [2.75, 3.05) is 13.1 Å². The summed E-state index contributed by atoms with van der Waals surface area (Å²) in [5, 5.41) is 3.02. The fourth-order valence-electron chi connectivity index (χ4n) is 2.54. The Kier molecular flexibility index (Phi) is 7.88. The molecule has 108 valence electrons. The van der Waals surface area contributed by atoms with Crippen molar-refractivity contribution in [1.29, 1.82) is 0 Å². The molecule has 3 N–H and O–H groups in total. The van der Waals surface area contributed by atoms with Crippen molar-refractivity contribution in [3.8, 4) is 0 Å². The number of rotatable bonds is 5. The lowest BCUT2D eigenvalue weighted by atomic mass is 9.81. The molecule has 2 unspecified atom stereocenters. The van der Waals surface area contributed by atoms with E-state index < -0.39 is 5.41 Å². The standard InChI is InChI=1S/C14H28N2O.ClH/c1-11-5-4-6-12(9-11)7-8-16-13(17)14(2,3)10-15;/h11-12H,4-10,15H2,1-3H3,(H,16,17);1H. The van der Waals surface area contributed by atoms with Gasteiger partial charge in [0, 0.05) is 13.1 Å². The van der Waals surface area contributed by atoms with Crippen molar-refractivity contribution in [3.05, 3.63) is 0 Å². The maximum atomic E-state index is 11.8. The number of carbonyl (C=O) groups excluding carboxylic acids is 1. The quantitative estimate of drug-likeness (QED) is 0.811. The van der Waals surface area contributed by atoms with Crippen molar-refractivity contribution in [2.24, 2.45) is 23.0 Å². The lowest BCUT2D eigenvalue weighted by molar-refractivity contribution is -0.128. The second-order valence-electron chi connectivity index (χ2n) is 6.27. The van der Waals surface area contributed by atoms with E-state index in [-0.39, 0.29) is 18.3 Å². The monoisotopic (exact) mass is 276 g/mol. The Labute approximate surface area is 118 Å². The zero-order valence-corrected chi connectivity index (χ0v) is 12.8. The smallest absolute Gasteiger partial charge is 0.226 e. The van der Waals surface area contributed by atoms with E-state index in [4.69, 9.17) is 5.73 Å². The van der Waals surface area contributed by atoms with E-state index in [2.05, 4.69) is 12.2 Å². The van der Waals surface area contributed by atoms with Crippen LogP contribution in [0.15, 0.2) is 0 Å². The van der Waals surface area contributed by atoms with Gasteiger partial charge >= 0.3 is 0 Å². The van der Waals surface area contributed by atoms with Crippen LogP contribution in [0.1, 0.15) is 52.9 Å². The van der Waals surface area contributed by atoms with Crippen molar-refractivity contribution in [2.45, 2.75) is 52.9 Å². The lowest BCUT2D eigenvalue weighted by Crippen LogP contribution is -2.42. The third-order valence-corrected chi connectivity index (χ3v) is 4.01. The maximum absolute atomic E-state index is 11.8. The van der Waals surface area contributed by atoms with Gasteiger partial charge in [0.1, 0.15) is 0 Å². The molecule has 0 aromatic rings. The van der Waals surface area contributed by atoms with Gasteiger partial charge in [-0.15, -0.1) is 12.4 Å². The van der Waals surface area contributed by atoms with Crippen molar-refractivity contribution >= 4 is 18.3 Å². The lowest BCUT2D eigenvalue weighted by Gasteiger charge is -2.27. The summed E-state index contributed by atoms with van der Waals surface area (Å²) in [5.74, 6) is 1.76. The van der Waals surface area contributed by atoms with E-state index in [0.29, 0.717) is 6.54 Å². The first-order chi connectivity index (χ1) is 7.95. The second kappa shape index (κ2) is 8.00. The average molecular weight is 277 g/mol. The summed E-state index contributed by atoms with van der Waals surface area (Å²) in [6, 6.07) is 0. The zero-order valence-electron chi connectivity index (χ0n) is 12.0. The highest BCUT2D eigenvalue weighted by molar-refractivity contribution is 5.85. The minimum atomic E-state index is -0.431. The van der Waals surface area contributed by atoms with E-state index in [0.717, 1.165) is 24.8 Å². The van der Waals surface area contributed by atoms with Crippen LogP contribution in [0.4, 0.5) is 0 Å². The summed E-state index contributed by atoms with van der Waals surface area (Å²) in [4.78, 5) is 11.8. The van der Waals surface area contributed by atoms with Crippen LogP contribution in [-0.4, -0.2) is 19.0 Å². The predicted molar refractivity (Wildman–Crippen MR) is 78.8 cm³/mol. The van der Waals surface area contributed by atoms with Gasteiger partial charge in [-0.05, 0) is 38.5 Å². The second-order valence-corrected chi connectivity index (χ2v) is 6.27. The van der Waals surface area contributed by atoms with Crippen LogP contribution in [-0.2, 0) is 4.79 Å². The minimum absolute atomic E-state index is 0. The number of amides is 1. The first-order valence-electron chi connectivity index (χ1n) is 6.94. The van der Waals surface area contributed by atoms with Crippen LogP contribution in [0.25, 0.3) is 0 Å². The fraction of sp³-hybridized carbons (Fsp3) is 0.929. The zero-order chi connectivity index (χ0) is 12.9. The van der Waals surface area contributed by atoms with Gasteiger partial charge in [0.25, 0.3) is 0 Å². The molecule has 0 aromatic carbocycles. The number of hydrogen-bond acceptors (Lipinski definition) is 2. The Morgan fingerprint density at radius 3 is 2.61 bits per heavy atom. The largest absolute Gasteiger partial charge is 0.356 e. The Hall–Kier alpha value is -0.280. The average Bonchev–Trinajstić information content (AvgIpc) is 2.29. The highest BCUT2D eigenvalue weighted by atomic mass is 35.5. The Bertz CT molecular complexity index is 256. The molecule has 1 aliphatic carbocycles. The molecular formula is C14H29ClN2O. The fourth-order valence-corrected chi connectivity index (χ4v) is 2.54. The predicted octanol–water partition coefficient (Wildman–Crippen LogP) is 2.73. The molecular weight excluding hydrogens is 248 g/mol. The van der Waals surface area contributed by atoms with Crippen molar-refractivity contribution in [3.63, 3.8) is 0 Å². The highest BCUT2D eigenvalue weighted by Crippen LogP contribution is 2.30. The van der Waals surface area contributed by atoms with Crippen molar-refractivity contribution in [1.82, 2.24) is 5.32 Å². The van der Waals surface area contributed by atoms with Gasteiger partial charge in [0.15, 0.2) is 0 Å². The molecule has 1 rings (SSSR count). The molecule has 0 heterocycles. The number of hydrogen-bond donors (Lipinski definition) is 2. The Balaban J connectivity index is 0.00000289. The SMILES string of the molecule is CC1CCCC(CCNC(=O)C(C)(C)CN)C1.Cl. The molecule has 1 amide bonds. The molecule has 2 atom stereocenters. The third-order valence-electron chi connectivity index (χ3n) is 4.01. The topological polar surface area (TPSA) is 55.1 Å². The van der Waals surface area contributed by atoms with E-state index in [1.54, 1.807) is 0 Å². The van der Waals surface area contributed by atoms with Crippen LogP contribution in [0.2, 0.25) is 0 Å². The molecule has 4 heteroatoms. The molecule has 1 saturated carbocycles. The maximum Gasteiger partial charge on any atom is 0.226 e. The van der Waals surface area contributed by atoms with Gasteiger partial charge in [-0.2, -0.15) is 0 Å². The summed E-state index contributed by atoms with van der Waals surface area (Å²) < 4.78 is 0. The minimum Gasteiger partial charge on any atom is -0.356 e. The number of halogens is 1. The molecule has 1 fully saturated rings. The Morgan fingerprint density at radius 1 is 1.39 bits per heavy atom. The third kappa shape index (κ3) is 5.57. The molecule has 0 radical (unpaired) electrons. The van der Waals surface area contributed by atoms with Crippen molar-refractivity contribution < 1.29 is 4.79 Å². The van der Waals surface area contributed by atoms with E-state index in [1.165, 1.54) is 25.7 Å². The summed E-state index contributed by atoms with van der Waals surface area (Å²) in [5.41, 5.74) is 5.15. The van der Waals surface area contributed by atoms with Gasteiger partial charge in [-0.3, -0.25) is 4.79 Å². The molecule has 3 nitrogen and oxygen atoms in total. The number of carbonyl (C=O) groups is 1. The van der Waals surface area contributed by atoms with Crippen LogP contribution in [0.5, 0.6) is 0 Å². The van der Waals surface area contributed by atoms with Gasteiger partial charge in [-0.25, -0.2) is 0 Å². The summed E-state index contributed by atoms with van der Waals surface area (Å²) >= 11 is 0. The van der Waals surface area contributed by atoms with Crippen LogP contribution < -0.4 is 11.1 Å². The highest BCUT2D eigenvalue weighted by Gasteiger charge is 2.25. The molecule has 18 heavy (non-hydrogen) atoms. The summed E-state index contributed by atoms with van der Waals surface area (Å²) in [6.45, 7) is 7.33. The van der Waals surface area contributed by atoms with Gasteiger partial charge in [0.05, 0.1) is 5.41 Å². The molecule has 1 aliphatic rings. The van der Waals surface area contributed by atoms with Gasteiger partial charge in [0.2, 0.25) is 5.91 Å². The Morgan fingerprint density at radius 2 is 2.06 bits per heavy atom. The molecule has 0 saturated heterocycles. The number of nitrogens with one attached hydrogen (secondary N) is 1. The molecule has 0 spiro atoms. The van der Waals surface area contributed by atoms with E-state index >= 15 is 0 Å². The van der Waals surface area contributed by atoms with Gasteiger partial charge < -0.3 is 11.1 Å². The van der Waals surface area contributed by atoms with E-state index in [9.17, 15) is 4.79 Å². The molecule has 0 aliphatic heterocycles. The molecule has 0 aromatic heterocycles. The van der Waals surface area contributed by atoms with E-state index in [1.807, 2.05) is 13.8 Å². The number of nitrogens with two attached hydrogens (primary N) is 1.